The van der Waals surface area contributed by atoms with E-state index >= 15 is 0 Å². The molecule has 0 aliphatic carbocycles. The minimum Gasteiger partial charge on any atom is -0.493 e. The van der Waals surface area contributed by atoms with E-state index in [1.807, 2.05) is 23.1 Å². The number of nitrogens with zero attached hydrogens (tertiary/aromatic N) is 3. The van der Waals surface area contributed by atoms with Gasteiger partial charge in [-0.15, -0.1) is 0 Å². The average Bonchev–Trinajstić information content (AvgIpc) is 2.75. The van der Waals surface area contributed by atoms with Crippen molar-refractivity contribution >= 4 is 17.7 Å². The molecule has 1 atom stereocenters. The Hall–Kier alpha value is -2.94. The number of methoxy groups -OCH3 is 1. The number of benzene rings is 1. The fourth-order valence-corrected chi connectivity index (χ4v) is 3.30. The summed E-state index contributed by atoms with van der Waals surface area (Å²) >= 11 is 0. The van der Waals surface area contributed by atoms with Crippen molar-refractivity contribution in [1.82, 2.24) is 9.97 Å². The normalized spacial score (nSPS) is 18.8. The highest BCUT2D eigenvalue weighted by Gasteiger charge is 2.29. The summed E-state index contributed by atoms with van der Waals surface area (Å²) in [5.74, 6) is 0.0436. The van der Waals surface area contributed by atoms with E-state index < -0.39 is 11.7 Å². The third-order valence-electron chi connectivity index (χ3n) is 4.81. The predicted octanol–water partition coefficient (Wildman–Crippen LogP) is 1.65. The average molecular weight is 388 g/mol. The van der Waals surface area contributed by atoms with Gasteiger partial charge in [0, 0.05) is 13.1 Å². The lowest BCUT2D eigenvalue weighted by Crippen LogP contribution is -2.38. The Morgan fingerprint density at radius 3 is 2.96 bits per heavy atom. The van der Waals surface area contributed by atoms with Crippen LogP contribution in [0.5, 0.6) is 11.5 Å². The maximum Gasteiger partial charge on any atom is 0.232 e. The molecule has 8 nitrogen and oxygen atoms in total. The summed E-state index contributed by atoms with van der Waals surface area (Å²) in [5, 5.41) is 2.58. The van der Waals surface area contributed by atoms with Gasteiger partial charge in [-0.25, -0.2) is 9.37 Å². The molecule has 2 aromatic rings. The maximum absolute atomic E-state index is 14.2. The fourth-order valence-electron chi connectivity index (χ4n) is 3.30. The van der Waals surface area contributed by atoms with E-state index in [1.54, 1.807) is 7.11 Å². The molecule has 148 valence electrons. The quantitative estimate of drug-likeness (QED) is 0.852. The zero-order valence-electron chi connectivity index (χ0n) is 15.5. The van der Waals surface area contributed by atoms with Gasteiger partial charge in [0.15, 0.2) is 23.1 Å². The molecule has 0 spiro atoms. The van der Waals surface area contributed by atoms with Crippen LogP contribution in [-0.2, 0) is 16.0 Å². The number of aromatic nitrogens is 2. The van der Waals surface area contributed by atoms with Crippen molar-refractivity contribution in [2.45, 2.75) is 6.42 Å². The molecule has 2 aliphatic rings. The van der Waals surface area contributed by atoms with Crippen LogP contribution >= 0.6 is 0 Å². The topological polar surface area (TPSA) is 85.8 Å². The predicted molar refractivity (Wildman–Crippen MR) is 99.3 cm³/mol. The van der Waals surface area contributed by atoms with Gasteiger partial charge in [0.2, 0.25) is 11.9 Å². The van der Waals surface area contributed by atoms with Crippen LogP contribution in [0.25, 0.3) is 0 Å². The van der Waals surface area contributed by atoms with Crippen LogP contribution in [0.4, 0.5) is 16.2 Å². The van der Waals surface area contributed by atoms with Gasteiger partial charge in [-0.1, -0.05) is 12.1 Å². The Balaban J connectivity index is 1.48. The molecular formula is C19H21FN4O4. The van der Waals surface area contributed by atoms with Gasteiger partial charge in [-0.3, -0.25) is 4.79 Å². The molecule has 1 N–H and O–H groups in total. The third kappa shape index (κ3) is 3.70. The number of rotatable bonds is 4. The van der Waals surface area contributed by atoms with E-state index in [4.69, 9.17) is 14.2 Å². The molecule has 4 rings (SSSR count). The molecule has 1 fully saturated rings. The van der Waals surface area contributed by atoms with Crippen molar-refractivity contribution in [3.8, 4) is 11.5 Å². The Kier molecular flexibility index (Phi) is 5.25. The Labute approximate surface area is 161 Å². The standard InChI is InChI=1S/C19H21FN4O4/c1-26-15-4-2-3-12-9-13(11-28-16(12)15)18(25)22-17-14(20)10-21-19(23-17)24-5-7-27-8-6-24/h2-4,10,13H,5-9,11H2,1H3,(H,21,22,23,25). The third-order valence-corrected chi connectivity index (χ3v) is 4.81. The summed E-state index contributed by atoms with van der Waals surface area (Å²) in [5.41, 5.74) is 0.878. The van der Waals surface area contributed by atoms with E-state index in [0.717, 1.165) is 11.8 Å². The number of anilines is 2. The zero-order chi connectivity index (χ0) is 19.5. The van der Waals surface area contributed by atoms with E-state index in [-0.39, 0.29) is 18.3 Å². The lowest BCUT2D eigenvalue weighted by Gasteiger charge is -2.27. The summed E-state index contributed by atoms with van der Waals surface area (Å²) in [4.78, 5) is 22.8. The summed E-state index contributed by atoms with van der Waals surface area (Å²) in [6.45, 7) is 2.54. The molecule has 1 aromatic heterocycles. The van der Waals surface area contributed by atoms with E-state index in [2.05, 4.69) is 15.3 Å². The highest BCUT2D eigenvalue weighted by molar-refractivity contribution is 5.92. The second-order valence-electron chi connectivity index (χ2n) is 6.62. The number of carbonyl (C=O) groups is 1. The number of halogens is 1. The second kappa shape index (κ2) is 7.97. The van der Waals surface area contributed by atoms with Crippen LogP contribution in [0, 0.1) is 11.7 Å². The summed E-state index contributed by atoms with van der Waals surface area (Å²) in [6.07, 6.45) is 1.55. The lowest BCUT2D eigenvalue weighted by molar-refractivity contribution is -0.121. The van der Waals surface area contributed by atoms with Gasteiger partial charge in [0.25, 0.3) is 0 Å². The smallest absolute Gasteiger partial charge is 0.232 e. The van der Waals surface area contributed by atoms with Crippen molar-refractivity contribution in [1.29, 1.82) is 0 Å². The molecule has 0 bridgehead atoms. The highest BCUT2D eigenvalue weighted by atomic mass is 19.1. The van der Waals surface area contributed by atoms with Crippen molar-refractivity contribution in [3.63, 3.8) is 0 Å². The Bertz CT molecular complexity index is 873. The Morgan fingerprint density at radius 1 is 1.36 bits per heavy atom. The minimum atomic E-state index is -0.677. The van der Waals surface area contributed by atoms with Gasteiger partial charge >= 0.3 is 0 Å². The van der Waals surface area contributed by atoms with Crippen LogP contribution < -0.4 is 19.7 Å². The number of morpholine rings is 1. The monoisotopic (exact) mass is 388 g/mol. The number of hydrogen-bond acceptors (Lipinski definition) is 7. The van der Waals surface area contributed by atoms with Gasteiger partial charge < -0.3 is 24.4 Å². The van der Waals surface area contributed by atoms with Crippen LogP contribution in [0.3, 0.4) is 0 Å². The number of hydrogen-bond donors (Lipinski definition) is 1. The maximum atomic E-state index is 14.2. The molecule has 1 amide bonds. The molecule has 2 aliphatic heterocycles. The molecular weight excluding hydrogens is 367 g/mol. The van der Waals surface area contributed by atoms with Crippen LogP contribution in [0.2, 0.25) is 0 Å². The van der Waals surface area contributed by atoms with Gasteiger partial charge in [0.05, 0.1) is 32.4 Å². The molecule has 1 unspecified atom stereocenters. The SMILES string of the molecule is COc1cccc2c1OCC(C(=O)Nc1nc(N3CCOCC3)ncc1F)C2. The van der Waals surface area contributed by atoms with Crippen LogP contribution in [-0.4, -0.2) is 55.9 Å². The molecule has 0 saturated carbocycles. The first-order valence-electron chi connectivity index (χ1n) is 9.10. The minimum absolute atomic E-state index is 0.127. The van der Waals surface area contributed by atoms with Crippen LogP contribution in [0.1, 0.15) is 5.56 Å². The lowest BCUT2D eigenvalue weighted by atomic mass is 9.95. The number of ether oxygens (including phenoxy) is 3. The highest BCUT2D eigenvalue weighted by Crippen LogP contribution is 2.36. The van der Waals surface area contributed by atoms with E-state index in [9.17, 15) is 9.18 Å². The van der Waals surface area contributed by atoms with Crippen molar-refractivity contribution in [3.05, 3.63) is 35.8 Å². The number of nitrogens with one attached hydrogen (secondary N) is 1. The molecule has 0 radical (unpaired) electrons. The summed E-state index contributed by atoms with van der Waals surface area (Å²) < 4.78 is 30.5. The molecule has 3 heterocycles. The Morgan fingerprint density at radius 2 is 2.18 bits per heavy atom. The first-order valence-corrected chi connectivity index (χ1v) is 9.10. The first-order chi connectivity index (χ1) is 13.7. The van der Waals surface area contributed by atoms with Crippen molar-refractivity contribution < 1.29 is 23.4 Å². The van der Waals surface area contributed by atoms with Gasteiger partial charge in [-0.2, -0.15) is 4.98 Å². The number of amides is 1. The molecule has 1 aromatic carbocycles. The zero-order valence-corrected chi connectivity index (χ0v) is 15.5. The van der Waals surface area contributed by atoms with E-state index in [0.29, 0.717) is 50.2 Å². The summed E-state index contributed by atoms with van der Waals surface area (Å²) in [6, 6.07) is 5.54. The second-order valence-corrected chi connectivity index (χ2v) is 6.62. The largest absolute Gasteiger partial charge is 0.493 e. The van der Waals surface area contributed by atoms with Crippen molar-refractivity contribution in [2.24, 2.45) is 5.92 Å². The number of carbonyl (C=O) groups excluding carboxylic acids is 1. The number of fused-ring (bicyclic) bond motifs is 1. The molecule has 28 heavy (non-hydrogen) atoms. The van der Waals surface area contributed by atoms with Crippen LogP contribution in [0.15, 0.2) is 24.4 Å². The number of para-hydroxylation sites is 1. The first kappa shape index (κ1) is 18.4. The summed E-state index contributed by atoms with van der Waals surface area (Å²) in [7, 11) is 1.57. The molecule has 1 saturated heterocycles. The van der Waals surface area contributed by atoms with Gasteiger partial charge in [0.1, 0.15) is 6.61 Å². The van der Waals surface area contributed by atoms with E-state index in [1.165, 1.54) is 0 Å². The van der Waals surface area contributed by atoms with Gasteiger partial charge in [-0.05, 0) is 18.1 Å². The van der Waals surface area contributed by atoms with Crippen molar-refractivity contribution in [2.75, 3.05) is 50.2 Å². The fraction of sp³-hybridized carbons (Fsp3) is 0.421. The molecule has 9 heteroatoms.